The first kappa shape index (κ1) is 16.5. The van der Waals surface area contributed by atoms with E-state index in [9.17, 15) is 4.79 Å². The van der Waals surface area contributed by atoms with E-state index < -0.39 is 0 Å². The summed E-state index contributed by atoms with van der Waals surface area (Å²) in [7, 11) is 0. The van der Waals surface area contributed by atoms with Crippen LogP contribution < -0.4 is 16.0 Å². The van der Waals surface area contributed by atoms with Gasteiger partial charge >= 0.3 is 0 Å². The number of halogens is 1. The summed E-state index contributed by atoms with van der Waals surface area (Å²) in [5, 5.41) is 10.2. The van der Waals surface area contributed by atoms with Gasteiger partial charge in [-0.2, -0.15) is 0 Å². The molecule has 1 atom stereocenters. The first-order valence-corrected chi connectivity index (χ1v) is 8.23. The lowest BCUT2D eigenvalue weighted by Gasteiger charge is -2.30. The van der Waals surface area contributed by atoms with E-state index in [1.54, 1.807) is 6.07 Å². The third-order valence-electron chi connectivity index (χ3n) is 3.73. The van der Waals surface area contributed by atoms with E-state index in [0.717, 1.165) is 16.9 Å². The Morgan fingerprint density at radius 1 is 1.17 bits per heavy atom. The van der Waals surface area contributed by atoms with Crippen LogP contribution in [0.1, 0.15) is 18.5 Å². The lowest BCUT2D eigenvalue weighted by atomic mass is 9.95. The topological polar surface area (TPSA) is 53.2 Å². The number of benzene rings is 2. The zero-order valence-electron chi connectivity index (χ0n) is 13.0. The normalized spacial score (nSPS) is 17.1. The second-order valence-corrected chi connectivity index (χ2v) is 6.29. The first-order chi connectivity index (χ1) is 11.5. The van der Waals surface area contributed by atoms with Gasteiger partial charge in [-0.05, 0) is 49.0 Å². The minimum Gasteiger partial charge on any atom is -0.351 e. The molecule has 0 saturated carbocycles. The smallest absolute Gasteiger partial charge is 0.255 e. The van der Waals surface area contributed by atoms with E-state index in [0.29, 0.717) is 15.7 Å². The predicted octanol–water partition coefficient (Wildman–Crippen LogP) is 3.77. The van der Waals surface area contributed by atoms with Crippen LogP contribution in [0.3, 0.4) is 0 Å². The number of anilines is 1. The molecule has 6 heteroatoms. The Labute approximate surface area is 150 Å². The van der Waals surface area contributed by atoms with Crippen molar-refractivity contribution in [3.05, 3.63) is 76.5 Å². The predicted molar refractivity (Wildman–Crippen MR) is 101 cm³/mol. The molecule has 0 aromatic heterocycles. The highest BCUT2D eigenvalue weighted by atomic mass is 35.5. The molecule has 1 unspecified atom stereocenters. The van der Waals surface area contributed by atoms with E-state index in [1.165, 1.54) is 0 Å². The number of thiocarbonyl (C=S) groups is 1. The van der Waals surface area contributed by atoms with E-state index >= 15 is 0 Å². The Morgan fingerprint density at radius 2 is 1.92 bits per heavy atom. The van der Waals surface area contributed by atoms with Gasteiger partial charge in [0.1, 0.15) is 0 Å². The van der Waals surface area contributed by atoms with Crippen molar-refractivity contribution in [2.75, 3.05) is 5.32 Å². The number of nitrogens with one attached hydrogen (secondary N) is 3. The second-order valence-electron chi connectivity index (χ2n) is 5.45. The van der Waals surface area contributed by atoms with Crippen molar-refractivity contribution < 1.29 is 4.79 Å². The van der Waals surface area contributed by atoms with Crippen LogP contribution in [0.4, 0.5) is 5.69 Å². The molecule has 3 N–H and O–H groups in total. The van der Waals surface area contributed by atoms with Gasteiger partial charge in [-0.1, -0.05) is 41.9 Å². The number of hydrogen-bond acceptors (Lipinski definition) is 2. The highest BCUT2D eigenvalue weighted by Gasteiger charge is 2.29. The molecule has 1 aliphatic rings. The minimum absolute atomic E-state index is 0.189. The molecule has 4 nitrogen and oxygen atoms in total. The fourth-order valence-corrected chi connectivity index (χ4v) is 3.12. The fraction of sp³-hybridized carbons (Fsp3) is 0.111. The van der Waals surface area contributed by atoms with Gasteiger partial charge in [-0.15, -0.1) is 0 Å². The molecule has 2 aromatic rings. The monoisotopic (exact) mass is 357 g/mol. The summed E-state index contributed by atoms with van der Waals surface area (Å²) < 4.78 is 0. The van der Waals surface area contributed by atoms with Crippen molar-refractivity contribution in [3.8, 4) is 0 Å². The number of hydrogen-bond donors (Lipinski definition) is 3. The van der Waals surface area contributed by atoms with Crippen molar-refractivity contribution in [1.82, 2.24) is 10.6 Å². The summed E-state index contributed by atoms with van der Waals surface area (Å²) in [6.07, 6.45) is 0. The Bertz CT molecular complexity index is 820. The Balaban J connectivity index is 1.96. The summed E-state index contributed by atoms with van der Waals surface area (Å²) in [5.41, 5.74) is 2.91. The lowest BCUT2D eigenvalue weighted by Crippen LogP contribution is -2.45. The molecule has 0 bridgehead atoms. The van der Waals surface area contributed by atoms with Gasteiger partial charge in [0, 0.05) is 16.4 Å². The SMILES string of the molecule is CC1=C(C(=O)Nc2ccccc2)C(c2cccc(Cl)c2)NC(=S)N1. The first-order valence-electron chi connectivity index (χ1n) is 7.45. The van der Waals surface area contributed by atoms with Gasteiger partial charge in [0.15, 0.2) is 5.11 Å². The standard InChI is InChI=1S/C18H16ClN3OS/c1-11-15(17(23)21-14-8-3-2-4-9-14)16(22-18(24)20-11)12-6-5-7-13(19)10-12/h2-10,16H,1H3,(H,21,23)(H2,20,22,24). The van der Waals surface area contributed by atoms with Crippen LogP contribution in [-0.4, -0.2) is 11.0 Å². The van der Waals surface area contributed by atoms with Gasteiger partial charge < -0.3 is 16.0 Å². The molecule has 1 aliphatic heterocycles. The number of carbonyl (C=O) groups is 1. The van der Waals surface area contributed by atoms with Gasteiger partial charge in [0.2, 0.25) is 0 Å². The van der Waals surface area contributed by atoms with Gasteiger partial charge in [-0.3, -0.25) is 4.79 Å². The molecule has 0 fully saturated rings. The van der Waals surface area contributed by atoms with Crippen LogP contribution in [0, 0.1) is 0 Å². The molecule has 0 aliphatic carbocycles. The van der Waals surface area contributed by atoms with Crippen molar-refractivity contribution in [2.45, 2.75) is 13.0 Å². The number of rotatable bonds is 3. The summed E-state index contributed by atoms with van der Waals surface area (Å²) in [4.78, 5) is 12.8. The van der Waals surface area contributed by atoms with E-state index in [1.807, 2.05) is 55.5 Å². The Morgan fingerprint density at radius 3 is 2.62 bits per heavy atom. The highest BCUT2D eigenvalue weighted by Crippen LogP contribution is 2.29. The molecule has 0 radical (unpaired) electrons. The number of carbonyl (C=O) groups excluding carboxylic acids is 1. The summed E-state index contributed by atoms with van der Waals surface area (Å²) in [6.45, 7) is 1.84. The van der Waals surface area contributed by atoms with E-state index in [-0.39, 0.29) is 11.9 Å². The van der Waals surface area contributed by atoms with E-state index in [2.05, 4.69) is 16.0 Å². The zero-order chi connectivity index (χ0) is 17.1. The molecule has 0 saturated heterocycles. The van der Waals surface area contributed by atoms with Crippen LogP contribution in [0.5, 0.6) is 0 Å². The van der Waals surface area contributed by atoms with Crippen molar-refractivity contribution in [1.29, 1.82) is 0 Å². The zero-order valence-corrected chi connectivity index (χ0v) is 14.5. The summed E-state index contributed by atoms with van der Waals surface area (Å²) in [5.74, 6) is -0.189. The van der Waals surface area contributed by atoms with Gasteiger partial charge in [0.05, 0.1) is 11.6 Å². The number of para-hydroxylation sites is 1. The van der Waals surface area contributed by atoms with Crippen molar-refractivity contribution >= 4 is 40.5 Å². The number of amides is 1. The maximum absolute atomic E-state index is 12.8. The Hall–Kier alpha value is -2.37. The van der Waals surface area contributed by atoms with E-state index in [4.69, 9.17) is 23.8 Å². The summed E-state index contributed by atoms with van der Waals surface area (Å²) >= 11 is 11.3. The van der Waals surface area contributed by atoms with Crippen LogP contribution in [0.25, 0.3) is 0 Å². The average molecular weight is 358 g/mol. The molecule has 0 spiro atoms. The summed E-state index contributed by atoms with van der Waals surface area (Å²) in [6, 6.07) is 16.4. The van der Waals surface area contributed by atoms with Crippen LogP contribution in [0.2, 0.25) is 5.02 Å². The quantitative estimate of drug-likeness (QED) is 0.732. The van der Waals surface area contributed by atoms with Crippen molar-refractivity contribution in [3.63, 3.8) is 0 Å². The highest BCUT2D eigenvalue weighted by molar-refractivity contribution is 7.80. The maximum Gasteiger partial charge on any atom is 0.255 e. The fourth-order valence-electron chi connectivity index (χ4n) is 2.65. The van der Waals surface area contributed by atoms with Crippen LogP contribution in [-0.2, 0) is 4.79 Å². The molecule has 1 amide bonds. The van der Waals surface area contributed by atoms with Crippen LogP contribution >= 0.6 is 23.8 Å². The van der Waals surface area contributed by atoms with Gasteiger partial charge in [0.25, 0.3) is 5.91 Å². The largest absolute Gasteiger partial charge is 0.351 e. The van der Waals surface area contributed by atoms with Gasteiger partial charge in [-0.25, -0.2) is 0 Å². The number of allylic oxidation sites excluding steroid dienone is 1. The van der Waals surface area contributed by atoms with Crippen molar-refractivity contribution in [2.24, 2.45) is 0 Å². The molecule has 3 rings (SSSR count). The Kier molecular flexibility index (Phi) is 4.83. The average Bonchev–Trinajstić information content (AvgIpc) is 2.55. The molecular formula is C18H16ClN3OS. The van der Waals surface area contributed by atoms with Crippen LogP contribution in [0.15, 0.2) is 65.9 Å². The molecule has 122 valence electrons. The molecule has 1 heterocycles. The minimum atomic E-state index is -0.360. The third-order valence-corrected chi connectivity index (χ3v) is 4.18. The second kappa shape index (κ2) is 7.03. The lowest BCUT2D eigenvalue weighted by molar-refractivity contribution is -0.113. The molecular weight excluding hydrogens is 342 g/mol. The molecule has 24 heavy (non-hydrogen) atoms. The third kappa shape index (κ3) is 3.58. The maximum atomic E-state index is 12.8. The molecule has 2 aromatic carbocycles.